The summed E-state index contributed by atoms with van der Waals surface area (Å²) in [6.07, 6.45) is 0. The number of benzene rings is 2. The van der Waals surface area contributed by atoms with Gasteiger partial charge in [0.05, 0.1) is 5.75 Å². The topological polar surface area (TPSA) is 77.8 Å². The molecule has 4 rings (SSSR count). The van der Waals surface area contributed by atoms with E-state index in [1.54, 1.807) is 0 Å². The Balaban J connectivity index is 1.41. The van der Waals surface area contributed by atoms with Crippen LogP contribution in [0.25, 0.3) is 22.9 Å². The van der Waals surface area contributed by atoms with E-state index in [1.807, 2.05) is 43.3 Å². The van der Waals surface area contributed by atoms with E-state index in [4.69, 9.17) is 8.83 Å². The molecule has 0 fully saturated rings. The van der Waals surface area contributed by atoms with Crippen LogP contribution in [0, 0.1) is 6.92 Å². The smallest absolute Gasteiger partial charge is 0.277 e. The van der Waals surface area contributed by atoms with Crippen molar-refractivity contribution in [2.24, 2.45) is 0 Å². The second-order valence-corrected chi connectivity index (χ2v) is 8.79. The summed E-state index contributed by atoms with van der Waals surface area (Å²) in [6, 6.07) is 16.2. The summed E-state index contributed by atoms with van der Waals surface area (Å²) >= 11 is 1.37. The number of aromatic nitrogens is 4. The summed E-state index contributed by atoms with van der Waals surface area (Å²) in [5.74, 6) is 1.98. The van der Waals surface area contributed by atoms with Crippen LogP contribution in [0.1, 0.15) is 37.8 Å². The van der Waals surface area contributed by atoms with Crippen LogP contribution in [0.15, 0.2) is 62.6 Å². The molecule has 6 nitrogen and oxygen atoms in total. The van der Waals surface area contributed by atoms with Gasteiger partial charge in [0.2, 0.25) is 17.7 Å². The van der Waals surface area contributed by atoms with Crippen LogP contribution in [-0.2, 0) is 11.2 Å². The molecule has 0 atom stereocenters. The highest BCUT2D eigenvalue weighted by molar-refractivity contribution is 7.98. The van der Waals surface area contributed by atoms with Gasteiger partial charge in [-0.2, -0.15) is 0 Å². The highest BCUT2D eigenvalue weighted by Crippen LogP contribution is 2.28. The standard InChI is InChI=1S/C22H22N4O2S/c1-14-6-5-7-16(12-14)20-25-26-21(28-20)29-13-18-23-24-19(27-18)15-8-10-17(11-9-15)22(2,3)4/h5-12H,13H2,1-4H3. The van der Waals surface area contributed by atoms with E-state index < -0.39 is 0 Å². The molecular weight excluding hydrogens is 384 g/mol. The van der Waals surface area contributed by atoms with E-state index in [-0.39, 0.29) is 5.41 Å². The molecule has 7 heteroatoms. The monoisotopic (exact) mass is 406 g/mol. The molecule has 0 saturated heterocycles. The second-order valence-electron chi connectivity index (χ2n) is 7.86. The summed E-state index contributed by atoms with van der Waals surface area (Å²) < 4.78 is 11.5. The minimum atomic E-state index is 0.108. The van der Waals surface area contributed by atoms with Gasteiger partial charge in [-0.15, -0.1) is 20.4 Å². The molecule has 0 radical (unpaired) electrons. The van der Waals surface area contributed by atoms with E-state index in [1.165, 1.54) is 17.3 Å². The number of thioether (sulfide) groups is 1. The lowest BCUT2D eigenvalue weighted by Gasteiger charge is -2.18. The molecule has 0 aliphatic rings. The van der Waals surface area contributed by atoms with Crippen LogP contribution in [0.5, 0.6) is 0 Å². The van der Waals surface area contributed by atoms with Crippen molar-refractivity contribution in [2.75, 3.05) is 0 Å². The number of rotatable bonds is 5. The molecule has 2 aromatic carbocycles. The van der Waals surface area contributed by atoms with Gasteiger partial charge in [-0.3, -0.25) is 0 Å². The van der Waals surface area contributed by atoms with E-state index in [0.29, 0.717) is 28.6 Å². The van der Waals surface area contributed by atoms with E-state index in [9.17, 15) is 0 Å². The first-order chi connectivity index (χ1) is 13.9. The maximum absolute atomic E-state index is 5.79. The molecule has 0 unspecified atom stereocenters. The first-order valence-corrected chi connectivity index (χ1v) is 10.3. The number of hydrogen-bond acceptors (Lipinski definition) is 7. The second kappa shape index (κ2) is 7.83. The van der Waals surface area contributed by atoms with Crippen molar-refractivity contribution < 1.29 is 8.83 Å². The van der Waals surface area contributed by atoms with E-state index in [0.717, 1.165) is 16.7 Å². The Morgan fingerprint density at radius 1 is 0.828 bits per heavy atom. The van der Waals surface area contributed by atoms with Gasteiger partial charge in [0.1, 0.15) is 0 Å². The third-order valence-electron chi connectivity index (χ3n) is 4.46. The zero-order valence-corrected chi connectivity index (χ0v) is 17.7. The van der Waals surface area contributed by atoms with Crippen molar-refractivity contribution >= 4 is 11.8 Å². The minimum absolute atomic E-state index is 0.108. The Bertz CT molecular complexity index is 1110. The summed E-state index contributed by atoms with van der Waals surface area (Å²) in [4.78, 5) is 0. The summed E-state index contributed by atoms with van der Waals surface area (Å²) in [6.45, 7) is 8.59. The van der Waals surface area contributed by atoms with Gasteiger partial charge in [-0.25, -0.2) is 0 Å². The number of nitrogens with zero attached hydrogens (tertiary/aromatic N) is 4. The molecule has 2 aromatic heterocycles. The lowest BCUT2D eigenvalue weighted by molar-refractivity contribution is 0.464. The molecule has 4 aromatic rings. The molecule has 2 heterocycles. The van der Waals surface area contributed by atoms with E-state index in [2.05, 4.69) is 53.3 Å². The lowest BCUT2D eigenvalue weighted by atomic mass is 9.87. The number of hydrogen-bond donors (Lipinski definition) is 0. The molecule has 0 spiro atoms. The van der Waals surface area contributed by atoms with Crippen molar-refractivity contribution in [3.05, 3.63) is 65.5 Å². The van der Waals surface area contributed by atoms with Gasteiger partial charge in [0.15, 0.2) is 0 Å². The molecule has 29 heavy (non-hydrogen) atoms. The van der Waals surface area contributed by atoms with Crippen LogP contribution in [0.4, 0.5) is 0 Å². The van der Waals surface area contributed by atoms with E-state index >= 15 is 0 Å². The largest absolute Gasteiger partial charge is 0.420 e. The highest BCUT2D eigenvalue weighted by Gasteiger charge is 2.16. The Labute approximate surface area is 173 Å². The molecule has 0 aliphatic carbocycles. The van der Waals surface area contributed by atoms with Crippen LogP contribution >= 0.6 is 11.8 Å². The van der Waals surface area contributed by atoms with Gasteiger partial charge in [-0.05, 0) is 42.2 Å². The van der Waals surface area contributed by atoms with Crippen molar-refractivity contribution in [1.82, 2.24) is 20.4 Å². The summed E-state index contributed by atoms with van der Waals surface area (Å²) in [5.41, 5.74) is 4.32. The maximum Gasteiger partial charge on any atom is 0.277 e. The summed E-state index contributed by atoms with van der Waals surface area (Å²) in [5, 5.41) is 17.0. The summed E-state index contributed by atoms with van der Waals surface area (Å²) in [7, 11) is 0. The molecule has 0 aliphatic heterocycles. The zero-order valence-electron chi connectivity index (χ0n) is 16.8. The van der Waals surface area contributed by atoms with Gasteiger partial charge in [0, 0.05) is 11.1 Å². The third-order valence-corrected chi connectivity index (χ3v) is 5.26. The van der Waals surface area contributed by atoms with Crippen molar-refractivity contribution in [3.8, 4) is 22.9 Å². The Kier molecular flexibility index (Phi) is 5.24. The van der Waals surface area contributed by atoms with Crippen LogP contribution in [0.2, 0.25) is 0 Å². The average molecular weight is 407 g/mol. The van der Waals surface area contributed by atoms with Gasteiger partial charge >= 0.3 is 0 Å². The molecule has 0 bridgehead atoms. The molecule has 0 N–H and O–H groups in total. The van der Waals surface area contributed by atoms with Crippen LogP contribution < -0.4 is 0 Å². The molecule has 148 valence electrons. The van der Waals surface area contributed by atoms with Gasteiger partial charge in [0.25, 0.3) is 5.22 Å². The van der Waals surface area contributed by atoms with Crippen molar-refractivity contribution in [2.45, 2.75) is 44.1 Å². The van der Waals surface area contributed by atoms with Gasteiger partial charge < -0.3 is 8.83 Å². The molecule has 0 amide bonds. The fourth-order valence-electron chi connectivity index (χ4n) is 2.83. The maximum atomic E-state index is 5.79. The first-order valence-electron chi connectivity index (χ1n) is 9.35. The van der Waals surface area contributed by atoms with Gasteiger partial charge in [-0.1, -0.05) is 62.4 Å². The fourth-order valence-corrected chi connectivity index (χ4v) is 3.43. The van der Waals surface area contributed by atoms with Crippen LogP contribution in [-0.4, -0.2) is 20.4 Å². The molecular formula is C22H22N4O2S. The SMILES string of the molecule is Cc1cccc(-c2nnc(SCc3nnc(-c4ccc(C(C)(C)C)cc4)o3)o2)c1. The lowest BCUT2D eigenvalue weighted by Crippen LogP contribution is -2.10. The third kappa shape index (κ3) is 4.56. The van der Waals surface area contributed by atoms with Crippen molar-refractivity contribution in [3.63, 3.8) is 0 Å². The van der Waals surface area contributed by atoms with Crippen molar-refractivity contribution in [1.29, 1.82) is 0 Å². The Morgan fingerprint density at radius 3 is 2.28 bits per heavy atom. The first kappa shape index (κ1) is 19.4. The normalized spacial score (nSPS) is 11.7. The Hall–Kier alpha value is -2.93. The fraction of sp³-hybridized carbons (Fsp3) is 0.273. The predicted molar refractivity (Wildman–Crippen MR) is 112 cm³/mol. The number of aryl methyl sites for hydroxylation is 1. The zero-order chi connectivity index (χ0) is 20.4. The average Bonchev–Trinajstić information content (AvgIpc) is 3.35. The van der Waals surface area contributed by atoms with Crippen LogP contribution in [0.3, 0.4) is 0 Å². The Morgan fingerprint density at radius 2 is 1.55 bits per heavy atom. The highest BCUT2D eigenvalue weighted by atomic mass is 32.2. The quantitative estimate of drug-likeness (QED) is 0.394. The predicted octanol–water partition coefficient (Wildman–Crippen LogP) is 5.68. The molecule has 0 saturated carbocycles. The minimum Gasteiger partial charge on any atom is -0.420 e.